The van der Waals surface area contributed by atoms with E-state index in [4.69, 9.17) is 10.5 Å². The lowest BCUT2D eigenvalue weighted by molar-refractivity contribution is 0.133. The Kier molecular flexibility index (Phi) is 1.11. The van der Waals surface area contributed by atoms with Crippen LogP contribution in [0.25, 0.3) is 0 Å². The largest absolute Gasteiger partial charge is 0.384 e. The Morgan fingerprint density at radius 2 is 2.30 bits per heavy atom. The van der Waals surface area contributed by atoms with Crippen LogP contribution in [-0.4, -0.2) is 4.98 Å². The van der Waals surface area contributed by atoms with Crippen LogP contribution in [0.4, 0.5) is 5.82 Å². The molecule has 52 valence electrons. The first-order valence-electron chi connectivity index (χ1n) is 3.18. The predicted octanol–water partition coefficient (Wildman–Crippen LogP) is 0.694. The van der Waals surface area contributed by atoms with Crippen molar-refractivity contribution in [2.24, 2.45) is 0 Å². The van der Waals surface area contributed by atoms with Crippen molar-refractivity contribution in [3.63, 3.8) is 0 Å². The van der Waals surface area contributed by atoms with Crippen LogP contribution in [0.15, 0.2) is 12.1 Å². The Morgan fingerprint density at radius 1 is 1.40 bits per heavy atom. The monoisotopic (exact) mass is 136 g/mol. The normalized spacial score (nSPS) is 15.2. The van der Waals surface area contributed by atoms with E-state index in [2.05, 4.69) is 4.98 Å². The summed E-state index contributed by atoms with van der Waals surface area (Å²) in [5.74, 6) is 0.573. The van der Waals surface area contributed by atoms with Crippen molar-refractivity contribution in [3.05, 3.63) is 23.4 Å². The van der Waals surface area contributed by atoms with Gasteiger partial charge in [-0.1, -0.05) is 6.07 Å². The third kappa shape index (κ3) is 0.752. The first-order valence-corrected chi connectivity index (χ1v) is 3.18. The maximum atomic E-state index is 5.46. The second-order valence-electron chi connectivity index (χ2n) is 2.33. The molecule has 2 N–H and O–H groups in total. The van der Waals surface area contributed by atoms with Gasteiger partial charge in [-0.3, -0.25) is 0 Å². The summed E-state index contributed by atoms with van der Waals surface area (Å²) < 4.78 is 5.15. The molecule has 1 aliphatic rings. The fraction of sp³-hybridized carbons (Fsp3) is 0.286. The number of rotatable bonds is 0. The SMILES string of the molecule is Nc1ccc2c(n1)COC2. The average Bonchev–Trinajstić information content (AvgIpc) is 2.33. The van der Waals surface area contributed by atoms with Gasteiger partial charge >= 0.3 is 0 Å². The van der Waals surface area contributed by atoms with Crippen LogP contribution in [-0.2, 0) is 18.0 Å². The van der Waals surface area contributed by atoms with Gasteiger partial charge in [-0.2, -0.15) is 0 Å². The van der Waals surface area contributed by atoms with Crippen LogP contribution in [0.2, 0.25) is 0 Å². The molecule has 0 fully saturated rings. The molecule has 0 radical (unpaired) electrons. The molecule has 0 saturated heterocycles. The zero-order valence-corrected chi connectivity index (χ0v) is 5.50. The minimum absolute atomic E-state index is 0.573. The van der Waals surface area contributed by atoms with Crippen LogP contribution in [0, 0.1) is 0 Å². The molecule has 0 aromatic carbocycles. The van der Waals surface area contributed by atoms with Crippen LogP contribution in [0.3, 0.4) is 0 Å². The smallest absolute Gasteiger partial charge is 0.123 e. The summed E-state index contributed by atoms with van der Waals surface area (Å²) in [5.41, 5.74) is 7.61. The summed E-state index contributed by atoms with van der Waals surface area (Å²) in [5, 5.41) is 0. The first kappa shape index (κ1) is 5.68. The molecular weight excluding hydrogens is 128 g/mol. The maximum Gasteiger partial charge on any atom is 0.123 e. The van der Waals surface area contributed by atoms with E-state index < -0.39 is 0 Å². The first-order chi connectivity index (χ1) is 4.86. The van der Waals surface area contributed by atoms with Gasteiger partial charge < -0.3 is 10.5 Å². The summed E-state index contributed by atoms with van der Waals surface area (Å²) in [6, 6.07) is 3.76. The molecule has 3 nitrogen and oxygen atoms in total. The van der Waals surface area contributed by atoms with Crippen molar-refractivity contribution in [2.75, 3.05) is 5.73 Å². The molecule has 3 heteroatoms. The van der Waals surface area contributed by atoms with Gasteiger partial charge in [-0.05, 0) is 6.07 Å². The van der Waals surface area contributed by atoms with Crippen LogP contribution in [0.1, 0.15) is 11.3 Å². The Bertz CT molecular complexity index is 260. The molecule has 1 aromatic heterocycles. The van der Waals surface area contributed by atoms with Crippen molar-refractivity contribution in [3.8, 4) is 0 Å². The summed E-state index contributed by atoms with van der Waals surface area (Å²) in [6.45, 7) is 1.29. The summed E-state index contributed by atoms with van der Waals surface area (Å²) in [4.78, 5) is 4.11. The van der Waals surface area contributed by atoms with Crippen LogP contribution < -0.4 is 5.73 Å². The number of hydrogen-bond acceptors (Lipinski definition) is 3. The van der Waals surface area contributed by atoms with E-state index in [0.29, 0.717) is 19.0 Å². The van der Waals surface area contributed by atoms with Crippen molar-refractivity contribution in [2.45, 2.75) is 13.2 Å². The minimum Gasteiger partial charge on any atom is -0.384 e. The number of anilines is 1. The van der Waals surface area contributed by atoms with Gasteiger partial charge in [0, 0.05) is 5.56 Å². The highest BCUT2D eigenvalue weighted by Gasteiger charge is 2.11. The van der Waals surface area contributed by atoms with Gasteiger partial charge in [0.15, 0.2) is 0 Å². The summed E-state index contributed by atoms with van der Waals surface area (Å²) in [6.07, 6.45) is 0. The third-order valence-corrected chi connectivity index (χ3v) is 1.59. The zero-order valence-electron chi connectivity index (χ0n) is 5.50. The van der Waals surface area contributed by atoms with Gasteiger partial charge in [0.05, 0.1) is 18.9 Å². The molecule has 0 amide bonds. The fourth-order valence-electron chi connectivity index (χ4n) is 1.06. The van der Waals surface area contributed by atoms with Crippen molar-refractivity contribution in [1.29, 1.82) is 0 Å². The topological polar surface area (TPSA) is 48.1 Å². The number of ether oxygens (including phenoxy) is 1. The van der Waals surface area contributed by atoms with Gasteiger partial charge in [-0.25, -0.2) is 4.98 Å². The van der Waals surface area contributed by atoms with E-state index in [1.165, 1.54) is 0 Å². The second-order valence-corrected chi connectivity index (χ2v) is 2.33. The highest BCUT2D eigenvalue weighted by molar-refractivity contribution is 5.34. The predicted molar refractivity (Wildman–Crippen MR) is 37.1 cm³/mol. The molecule has 0 atom stereocenters. The molecule has 10 heavy (non-hydrogen) atoms. The van der Waals surface area contributed by atoms with Gasteiger partial charge in [0.1, 0.15) is 5.82 Å². The molecule has 1 aliphatic heterocycles. The van der Waals surface area contributed by atoms with E-state index >= 15 is 0 Å². The molecule has 1 aromatic rings. The zero-order chi connectivity index (χ0) is 6.97. The van der Waals surface area contributed by atoms with Crippen LogP contribution in [0.5, 0.6) is 0 Å². The maximum absolute atomic E-state index is 5.46. The number of nitrogens with two attached hydrogens (primary N) is 1. The Labute approximate surface area is 58.8 Å². The summed E-state index contributed by atoms with van der Waals surface area (Å²) in [7, 11) is 0. The van der Waals surface area contributed by atoms with Crippen molar-refractivity contribution in [1.82, 2.24) is 4.98 Å². The number of aromatic nitrogens is 1. The Morgan fingerprint density at radius 3 is 3.20 bits per heavy atom. The summed E-state index contributed by atoms with van der Waals surface area (Å²) >= 11 is 0. The molecular formula is C7H8N2O. The van der Waals surface area contributed by atoms with E-state index in [1.807, 2.05) is 6.07 Å². The van der Waals surface area contributed by atoms with E-state index in [1.54, 1.807) is 6.07 Å². The fourth-order valence-corrected chi connectivity index (χ4v) is 1.06. The lowest BCUT2D eigenvalue weighted by Crippen LogP contribution is -1.93. The number of pyridine rings is 1. The van der Waals surface area contributed by atoms with Gasteiger partial charge in [-0.15, -0.1) is 0 Å². The quantitative estimate of drug-likeness (QED) is 0.571. The molecule has 0 saturated carbocycles. The lowest BCUT2D eigenvalue weighted by atomic mass is 10.2. The Hall–Kier alpha value is -1.09. The number of nitrogens with zero attached hydrogens (tertiary/aromatic N) is 1. The van der Waals surface area contributed by atoms with Crippen LogP contribution >= 0.6 is 0 Å². The van der Waals surface area contributed by atoms with Gasteiger partial charge in [0.2, 0.25) is 0 Å². The van der Waals surface area contributed by atoms with E-state index in [9.17, 15) is 0 Å². The van der Waals surface area contributed by atoms with Crippen molar-refractivity contribution >= 4 is 5.82 Å². The second kappa shape index (κ2) is 1.95. The number of hydrogen-bond donors (Lipinski definition) is 1. The highest BCUT2D eigenvalue weighted by Crippen LogP contribution is 2.17. The third-order valence-electron chi connectivity index (χ3n) is 1.59. The molecule has 2 rings (SSSR count). The van der Waals surface area contributed by atoms with Gasteiger partial charge in [0.25, 0.3) is 0 Å². The molecule has 0 aliphatic carbocycles. The molecule has 0 spiro atoms. The van der Waals surface area contributed by atoms with E-state index in [0.717, 1.165) is 11.3 Å². The number of fused-ring (bicyclic) bond motifs is 1. The van der Waals surface area contributed by atoms with E-state index in [-0.39, 0.29) is 0 Å². The molecule has 0 unspecified atom stereocenters. The molecule has 2 heterocycles. The Balaban J connectivity index is 2.52. The highest BCUT2D eigenvalue weighted by atomic mass is 16.5. The van der Waals surface area contributed by atoms with Crippen molar-refractivity contribution < 1.29 is 4.74 Å². The minimum atomic E-state index is 0.573. The number of nitrogen functional groups attached to an aromatic ring is 1. The average molecular weight is 136 g/mol. The molecule has 0 bridgehead atoms. The standard InChI is InChI=1S/C7H8N2O/c8-7-2-1-5-3-10-4-6(5)9-7/h1-2H,3-4H2,(H2,8,9). The lowest BCUT2D eigenvalue weighted by Gasteiger charge is -1.95.